The van der Waals surface area contributed by atoms with Crippen molar-refractivity contribution in [2.24, 2.45) is 0 Å². The molecule has 1 aromatic carbocycles. The Morgan fingerprint density at radius 2 is 2.11 bits per heavy atom. The standard InChI is InChI=1S/C13H14N2O2S/c1-8-9(2)18-13(14-8)15(3)11-6-4-5-10(7-11)12(16)17/h4-7H,1-3H3,(H,16,17). The van der Waals surface area contributed by atoms with Crippen molar-refractivity contribution in [1.29, 1.82) is 0 Å². The van der Waals surface area contributed by atoms with Crippen LogP contribution in [0.5, 0.6) is 0 Å². The molecule has 1 aromatic heterocycles. The Kier molecular flexibility index (Phi) is 3.34. The van der Waals surface area contributed by atoms with Gasteiger partial charge in [0.15, 0.2) is 5.13 Å². The number of anilines is 2. The molecule has 1 N–H and O–H groups in total. The van der Waals surface area contributed by atoms with Crippen molar-refractivity contribution in [2.75, 3.05) is 11.9 Å². The molecule has 2 rings (SSSR count). The largest absolute Gasteiger partial charge is 0.478 e. The maximum Gasteiger partial charge on any atom is 0.335 e. The minimum absolute atomic E-state index is 0.282. The molecule has 1 heterocycles. The van der Waals surface area contributed by atoms with Crippen molar-refractivity contribution in [2.45, 2.75) is 13.8 Å². The Bertz CT molecular complexity index is 573. The fourth-order valence-electron chi connectivity index (χ4n) is 1.56. The number of rotatable bonds is 3. The highest BCUT2D eigenvalue weighted by molar-refractivity contribution is 7.15. The number of aromatic carboxylic acids is 1. The van der Waals surface area contributed by atoms with Gasteiger partial charge in [-0.05, 0) is 32.0 Å². The average molecular weight is 262 g/mol. The van der Waals surface area contributed by atoms with E-state index in [1.165, 1.54) is 4.88 Å². The lowest BCUT2D eigenvalue weighted by Gasteiger charge is -2.16. The zero-order chi connectivity index (χ0) is 13.3. The molecule has 0 aliphatic rings. The molecular weight excluding hydrogens is 248 g/mol. The van der Waals surface area contributed by atoms with E-state index in [0.717, 1.165) is 16.5 Å². The molecule has 0 amide bonds. The van der Waals surface area contributed by atoms with Crippen molar-refractivity contribution >= 4 is 28.1 Å². The third-order valence-electron chi connectivity index (χ3n) is 2.78. The molecule has 18 heavy (non-hydrogen) atoms. The molecule has 0 saturated heterocycles. The van der Waals surface area contributed by atoms with Gasteiger partial charge in [0.2, 0.25) is 0 Å². The Hall–Kier alpha value is -1.88. The minimum atomic E-state index is -0.920. The summed E-state index contributed by atoms with van der Waals surface area (Å²) in [4.78, 5) is 18.5. The quantitative estimate of drug-likeness (QED) is 0.922. The van der Waals surface area contributed by atoms with Gasteiger partial charge in [-0.2, -0.15) is 0 Å². The SMILES string of the molecule is Cc1nc(N(C)c2cccc(C(=O)O)c2)sc1C. The number of carboxylic acids is 1. The van der Waals surface area contributed by atoms with Gasteiger partial charge in [0, 0.05) is 17.6 Å². The third kappa shape index (κ3) is 2.36. The minimum Gasteiger partial charge on any atom is -0.478 e. The van der Waals surface area contributed by atoms with Crippen molar-refractivity contribution < 1.29 is 9.90 Å². The number of benzene rings is 1. The van der Waals surface area contributed by atoms with Gasteiger partial charge in [0.1, 0.15) is 0 Å². The third-order valence-corrected chi connectivity index (χ3v) is 3.93. The number of aromatic nitrogens is 1. The first-order valence-corrected chi connectivity index (χ1v) is 6.32. The Labute approximate surface area is 110 Å². The van der Waals surface area contributed by atoms with Gasteiger partial charge >= 0.3 is 5.97 Å². The predicted molar refractivity (Wildman–Crippen MR) is 73.1 cm³/mol. The monoisotopic (exact) mass is 262 g/mol. The highest BCUT2D eigenvalue weighted by Crippen LogP contribution is 2.30. The second-order valence-corrected chi connectivity index (χ2v) is 5.23. The predicted octanol–water partition coefficient (Wildman–Crippen LogP) is 3.23. The average Bonchev–Trinajstić information content (AvgIpc) is 2.69. The van der Waals surface area contributed by atoms with Crippen LogP contribution in [0, 0.1) is 13.8 Å². The van der Waals surface area contributed by atoms with Crippen LogP contribution < -0.4 is 4.90 Å². The molecule has 0 fully saturated rings. The molecule has 0 bridgehead atoms. The molecule has 0 atom stereocenters. The molecule has 4 nitrogen and oxygen atoms in total. The van der Waals surface area contributed by atoms with Gasteiger partial charge in [-0.15, -0.1) is 11.3 Å². The second-order valence-electron chi connectivity index (χ2n) is 4.05. The van der Waals surface area contributed by atoms with E-state index in [4.69, 9.17) is 5.11 Å². The highest BCUT2D eigenvalue weighted by Gasteiger charge is 2.12. The molecule has 0 spiro atoms. The van der Waals surface area contributed by atoms with Crippen molar-refractivity contribution in [3.8, 4) is 0 Å². The molecule has 0 unspecified atom stereocenters. The fraction of sp³-hybridized carbons (Fsp3) is 0.231. The number of carbonyl (C=O) groups is 1. The molecule has 0 aliphatic heterocycles. The van der Waals surface area contributed by atoms with E-state index >= 15 is 0 Å². The Balaban J connectivity index is 2.36. The van der Waals surface area contributed by atoms with Gasteiger partial charge in [0.05, 0.1) is 11.3 Å². The fourth-order valence-corrected chi connectivity index (χ4v) is 2.45. The number of aryl methyl sites for hydroxylation is 2. The summed E-state index contributed by atoms with van der Waals surface area (Å²) in [6, 6.07) is 6.84. The van der Waals surface area contributed by atoms with Crippen LogP contribution in [0.15, 0.2) is 24.3 Å². The number of hydrogen-bond donors (Lipinski definition) is 1. The maximum absolute atomic E-state index is 10.9. The molecule has 0 aliphatic carbocycles. The van der Waals surface area contributed by atoms with Crippen LogP contribution in [-0.2, 0) is 0 Å². The van der Waals surface area contributed by atoms with E-state index < -0.39 is 5.97 Å². The molecule has 94 valence electrons. The molecule has 5 heteroatoms. The van der Waals surface area contributed by atoms with Crippen LogP contribution in [0.25, 0.3) is 0 Å². The number of carboxylic acid groups (broad SMARTS) is 1. The van der Waals surface area contributed by atoms with E-state index in [9.17, 15) is 4.79 Å². The summed E-state index contributed by atoms with van der Waals surface area (Å²) in [6.07, 6.45) is 0. The van der Waals surface area contributed by atoms with Gasteiger partial charge in [0.25, 0.3) is 0 Å². The summed E-state index contributed by atoms with van der Waals surface area (Å²) in [6.45, 7) is 3.99. The van der Waals surface area contributed by atoms with E-state index in [0.29, 0.717) is 0 Å². The first kappa shape index (κ1) is 12.6. The lowest BCUT2D eigenvalue weighted by Crippen LogP contribution is -2.10. The number of hydrogen-bond acceptors (Lipinski definition) is 4. The summed E-state index contributed by atoms with van der Waals surface area (Å²) in [7, 11) is 1.89. The van der Waals surface area contributed by atoms with Crippen LogP contribution in [0.1, 0.15) is 20.9 Å². The summed E-state index contributed by atoms with van der Waals surface area (Å²) in [5, 5.41) is 9.85. The van der Waals surface area contributed by atoms with E-state index in [1.54, 1.807) is 29.5 Å². The summed E-state index contributed by atoms with van der Waals surface area (Å²) in [5.74, 6) is -0.920. The van der Waals surface area contributed by atoms with Crippen molar-refractivity contribution in [3.63, 3.8) is 0 Å². The lowest BCUT2D eigenvalue weighted by atomic mass is 10.2. The summed E-state index contributed by atoms with van der Waals surface area (Å²) < 4.78 is 0. The summed E-state index contributed by atoms with van der Waals surface area (Å²) >= 11 is 1.60. The first-order valence-electron chi connectivity index (χ1n) is 5.50. The maximum atomic E-state index is 10.9. The van der Waals surface area contributed by atoms with Gasteiger partial charge in [-0.3, -0.25) is 0 Å². The van der Waals surface area contributed by atoms with Gasteiger partial charge in [-0.1, -0.05) is 6.07 Å². The van der Waals surface area contributed by atoms with Crippen LogP contribution in [0.3, 0.4) is 0 Å². The van der Waals surface area contributed by atoms with Crippen LogP contribution in [-0.4, -0.2) is 23.1 Å². The number of nitrogens with zero attached hydrogens (tertiary/aromatic N) is 2. The van der Waals surface area contributed by atoms with Crippen molar-refractivity contribution in [3.05, 3.63) is 40.4 Å². The number of thiazole rings is 1. The van der Waals surface area contributed by atoms with Crippen molar-refractivity contribution in [1.82, 2.24) is 4.98 Å². The van der Waals surface area contributed by atoms with E-state index in [-0.39, 0.29) is 5.56 Å². The molecule has 2 aromatic rings. The second kappa shape index (κ2) is 4.78. The van der Waals surface area contributed by atoms with Crippen LogP contribution in [0.2, 0.25) is 0 Å². The van der Waals surface area contributed by atoms with Crippen LogP contribution >= 0.6 is 11.3 Å². The van der Waals surface area contributed by atoms with Gasteiger partial charge < -0.3 is 10.0 Å². The molecular formula is C13H14N2O2S. The van der Waals surface area contributed by atoms with Crippen LogP contribution in [0.4, 0.5) is 10.8 Å². The zero-order valence-electron chi connectivity index (χ0n) is 10.5. The first-order chi connectivity index (χ1) is 8.49. The molecule has 0 saturated carbocycles. The highest BCUT2D eigenvalue weighted by atomic mass is 32.1. The normalized spacial score (nSPS) is 10.4. The Morgan fingerprint density at radius 1 is 1.39 bits per heavy atom. The van der Waals surface area contributed by atoms with E-state index in [1.807, 2.05) is 31.9 Å². The molecule has 0 radical (unpaired) electrons. The Morgan fingerprint density at radius 3 is 2.67 bits per heavy atom. The van der Waals surface area contributed by atoms with E-state index in [2.05, 4.69) is 4.98 Å². The smallest absolute Gasteiger partial charge is 0.335 e. The topological polar surface area (TPSA) is 53.4 Å². The lowest BCUT2D eigenvalue weighted by molar-refractivity contribution is 0.0697. The zero-order valence-corrected chi connectivity index (χ0v) is 11.3. The summed E-state index contributed by atoms with van der Waals surface area (Å²) in [5.41, 5.74) is 2.12. The van der Waals surface area contributed by atoms with Gasteiger partial charge in [-0.25, -0.2) is 9.78 Å².